The molecule has 1 atom stereocenters. The van der Waals surface area contributed by atoms with E-state index in [0.717, 1.165) is 4.31 Å². The third kappa shape index (κ3) is 3.57. The van der Waals surface area contributed by atoms with Crippen LogP contribution in [0.5, 0.6) is 0 Å². The van der Waals surface area contributed by atoms with Crippen molar-refractivity contribution >= 4 is 10.0 Å². The number of rotatable bonds is 2. The lowest BCUT2D eigenvalue weighted by Crippen LogP contribution is -2.40. The van der Waals surface area contributed by atoms with E-state index < -0.39 is 44.4 Å². The molecule has 148 valence electrons. The molecule has 0 N–H and O–H groups in total. The van der Waals surface area contributed by atoms with Gasteiger partial charge in [-0.15, -0.1) is 0 Å². The molecule has 0 radical (unpaired) electrons. The average Bonchev–Trinajstić information content (AvgIpc) is 3.02. The van der Waals surface area contributed by atoms with Gasteiger partial charge in [-0.05, 0) is 37.3 Å². The molecule has 1 aliphatic heterocycles. The zero-order valence-electron chi connectivity index (χ0n) is 13.8. The van der Waals surface area contributed by atoms with Crippen LogP contribution >= 0.6 is 0 Å². The molecule has 2 heterocycles. The Kier molecular flexibility index (Phi) is 4.58. The van der Waals surface area contributed by atoms with Crippen molar-refractivity contribution in [1.29, 1.82) is 0 Å². The predicted octanol–water partition coefficient (Wildman–Crippen LogP) is 4.29. The molecule has 1 aromatic heterocycles. The Bertz CT molecular complexity index is 930. The van der Waals surface area contributed by atoms with Crippen molar-refractivity contribution in [1.82, 2.24) is 8.87 Å². The number of sulfonamides is 1. The molecular weight excluding hydrogens is 398 g/mol. The monoisotopic (exact) mass is 412 g/mol. The first-order chi connectivity index (χ1) is 12.3. The molecule has 27 heavy (non-hydrogen) atoms. The van der Waals surface area contributed by atoms with Crippen molar-refractivity contribution in [2.45, 2.75) is 36.8 Å². The van der Waals surface area contributed by atoms with Crippen LogP contribution in [0.3, 0.4) is 0 Å². The number of alkyl halides is 6. The van der Waals surface area contributed by atoms with Gasteiger partial charge in [0.2, 0.25) is 10.0 Å². The van der Waals surface area contributed by atoms with Gasteiger partial charge in [0.15, 0.2) is 0 Å². The molecule has 0 bridgehead atoms. The number of hydrogen-bond donors (Lipinski definition) is 0. The minimum absolute atomic E-state index is 0.0667. The highest BCUT2D eigenvalue weighted by Gasteiger charge is 2.40. The number of fused-ring (bicyclic) bond motifs is 1. The Morgan fingerprint density at radius 3 is 2.04 bits per heavy atom. The van der Waals surface area contributed by atoms with Crippen LogP contribution < -0.4 is 0 Å². The maximum absolute atomic E-state index is 13.0. The van der Waals surface area contributed by atoms with Crippen LogP contribution in [0.1, 0.15) is 29.8 Å². The maximum Gasteiger partial charge on any atom is 0.416 e. The van der Waals surface area contributed by atoms with E-state index in [-0.39, 0.29) is 31.3 Å². The summed E-state index contributed by atoms with van der Waals surface area (Å²) in [5.41, 5.74) is -2.72. The Balaban J connectivity index is 2.12. The molecule has 0 fully saturated rings. The van der Waals surface area contributed by atoms with Crippen LogP contribution in [0.25, 0.3) is 0 Å². The van der Waals surface area contributed by atoms with E-state index in [1.165, 1.54) is 6.92 Å². The van der Waals surface area contributed by atoms with Crippen LogP contribution in [0.4, 0.5) is 26.3 Å². The molecular formula is C16H14F6N2O2S. The fraction of sp³-hybridized carbons (Fsp3) is 0.375. The lowest BCUT2D eigenvalue weighted by molar-refractivity contribution is -0.143. The lowest BCUT2D eigenvalue weighted by Gasteiger charge is -2.34. The number of aromatic nitrogens is 1. The van der Waals surface area contributed by atoms with Gasteiger partial charge in [-0.1, -0.05) is 0 Å². The molecule has 4 nitrogen and oxygen atoms in total. The van der Waals surface area contributed by atoms with E-state index in [0.29, 0.717) is 5.69 Å². The fourth-order valence-corrected chi connectivity index (χ4v) is 4.77. The van der Waals surface area contributed by atoms with Gasteiger partial charge in [0, 0.05) is 25.0 Å². The Hall–Kier alpha value is -2.01. The van der Waals surface area contributed by atoms with Crippen LogP contribution in [-0.2, 0) is 28.9 Å². The van der Waals surface area contributed by atoms with Gasteiger partial charge in [0.05, 0.1) is 22.1 Å². The molecule has 0 amide bonds. The Morgan fingerprint density at radius 1 is 0.963 bits per heavy atom. The maximum atomic E-state index is 13.0. The van der Waals surface area contributed by atoms with Crippen molar-refractivity contribution < 1.29 is 34.8 Å². The number of halogens is 6. The zero-order chi connectivity index (χ0) is 20.2. The normalized spacial score (nSPS) is 19.1. The highest BCUT2D eigenvalue weighted by atomic mass is 32.2. The van der Waals surface area contributed by atoms with Gasteiger partial charge in [0.25, 0.3) is 0 Å². The second-order valence-electron chi connectivity index (χ2n) is 6.16. The first-order valence-corrected chi connectivity index (χ1v) is 9.22. The largest absolute Gasteiger partial charge is 0.416 e. The third-order valence-corrected chi connectivity index (χ3v) is 6.40. The number of hydrogen-bond acceptors (Lipinski definition) is 2. The van der Waals surface area contributed by atoms with Crippen molar-refractivity contribution in [3.8, 4) is 0 Å². The summed E-state index contributed by atoms with van der Waals surface area (Å²) in [6.45, 7) is 1.71. The van der Waals surface area contributed by atoms with E-state index in [2.05, 4.69) is 0 Å². The fourth-order valence-electron chi connectivity index (χ4n) is 3.10. The quantitative estimate of drug-likeness (QED) is 0.691. The standard InChI is InChI=1S/C16H14F6N2O2S/c1-10-14-3-2-4-23(14)5-6-24(10)27(25,26)13-8-11(15(17,18)19)7-12(9-13)16(20,21)22/h2-4,7-10H,5-6H2,1H3/t10-/m0/s1. The van der Waals surface area contributed by atoms with Crippen LogP contribution in [0.15, 0.2) is 41.4 Å². The lowest BCUT2D eigenvalue weighted by atomic mass is 10.1. The van der Waals surface area contributed by atoms with Crippen molar-refractivity contribution in [2.24, 2.45) is 0 Å². The zero-order valence-corrected chi connectivity index (χ0v) is 14.7. The molecule has 0 aliphatic carbocycles. The van der Waals surface area contributed by atoms with E-state index in [1.54, 1.807) is 22.9 Å². The molecule has 0 saturated heterocycles. The summed E-state index contributed by atoms with van der Waals surface area (Å²) in [7, 11) is -4.58. The van der Waals surface area contributed by atoms with Gasteiger partial charge < -0.3 is 4.57 Å². The molecule has 0 unspecified atom stereocenters. The van der Waals surface area contributed by atoms with E-state index in [9.17, 15) is 34.8 Å². The van der Waals surface area contributed by atoms with E-state index >= 15 is 0 Å². The summed E-state index contributed by atoms with van der Waals surface area (Å²) in [5, 5.41) is 0. The van der Waals surface area contributed by atoms with Crippen LogP contribution in [-0.4, -0.2) is 23.8 Å². The van der Waals surface area contributed by atoms with Crippen LogP contribution in [0, 0.1) is 0 Å². The minimum Gasteiger partial charge on any atom is -0.349 e. The van der Waals surface area contributed by atoms with Crippen molar-refractivity contribution in [2.75, 3.05) is 6.54 Å². The highest BCUT2D eigenvalue weighted by Crippen LogP contribution is 2.39. The molecule has 11 heteroatoms. The SMILES string of the molecule is C[C@H]1c2cccn2CCN1S(=O)(=O)c1cc(C(F)(F)F)cc(C(F)(F)F)c1. The first-order valence-electron chi connectivity index (χ1n) is 7.78. The summed E-state index contributed by atoms with van der Waals surface area (Å²) in [6.07, 6.45) is -8.51. The van der Waals surface area contributed by atoms with Crippen LogP contribution in [0.2, 0.25) is 0 Å². The summed E-state index contributed by atoms with van der Waals surface area (Å²) < 4.78 is 107. The van der Waals surface area contributed by atoms with E-state index in [4.69, 9.17) is 0 Å². The van der Waals surface area contributed by atoms with Crippen molar-refractivity contribution in [3.63, 3.8) is 0 Å². The molecule has 0 spiro atoms. The summed E-state index contributed by atoms with van der Waals surface area (Å²) in [5.74, 6) is 0. The molecule has 1 aliphatic rings. The summed E-state index contributed by atoms with van der Waals surface area (Å²) in [6, 6.07) is 3.00. The number of nitrogens with zero attached hydrogens (tertiary/aromatic N) is 2. The van der Waals surface area contributed by atoms with Crippen molar-refractivity contribution in [3.05, 3.63) is 53.3 Å². The minimum atomic E-state index is -5.12. The Morgan fingerprint density at radius 2 is 1.52 bits per heavy atom. The van der Waals surface area contributed by atoms with Gasteiger partial charge in [-0.2, -0.15) is 30.6 Å². The first kappa shape index (κ1) is 19.7. The third-order valence-electron chi connectivity index (χ3n) is 4.45. The molecule has 2 aromatic rings. The van der Waals surface area contributed by atoms with Gasteiger partial charge in [-0.25, -0.2) is 8.42 Å². The summed E-state index contributed by atoms with van der Waals surface area (Å²) >= 11 is 0. The average molecular weight is 412 g/mol. The predicted molar refractivity (Wildman–Crippen MR) is 83.2 cm³/mol. The molecule has 0 saturated carbocycles. The van der Waals surface area contributed by atoms with Gasteiger partial charge in [0.1, 0.15) is 0 Å². The smallest absolute Gasteiger partial charge is 0.349 e. The van der Waals surface area contributed by atoms with Gasteiger partial charge in [-0.3, -0.25) is 0 Å². The summed E-state index contributed by atoms with van der Waals surface area (Å²) in [4.78, 5) is -1.03. The Labute approximate surface area is 151 Å². The second-order valence-corrected chi connectivity index (χ2v) is 8.05. The topological polar surface area (TPSA) is 42.3 Å². The molecule has 1 aromatic carbocycles. The van der Waals surface area contributed by atoms with Gasteiger partial charge >= 0.3 is 12.4 Å². The second kappa shape index (κ2) is 6.26. The van der Waals surface area contributed by atoms with E-state index in [1.807, 2.05) is 0 Å². The highest BCUT2D eigenvalue weighted by molar-refractivity contribution is 7.89. The number of benzene rings is 1. The molecule has 3 rings (SSSR count).